The summed E-state index contributed by atoms with van der Waals surface area (Å²) in [5.41, 5.74) is 3.91. The third-order valence-corrected chi connectivity index (χ3v) is 8.76. The van der Waals surface area contributed by atoms with E-state index in [1.54, 1.807) is 11.4 Å². The molecule has 4 aromatic rings. The van der Waals surface area contributed by atoms with Gasteiger partial charge in [0.1, 0.15) is 17.6 Å². The van der Waals surface area contributed by atoms with Gasteiger partial charge in [0.05, 0.1) is 0 Å². The quantitative estimate of drug-likeness (QED) is 0.291. The van der Waals surface area contributed by atoms with Crippen molar-refractivity contribution >= 4 is 28.3 Å². The Labute approximate surface area is 259 Å². The zero-order chi connectivity index (χ0) is 30.6. The van der Waals surface area contributed by atoms with Crippen LogP contribution in [0.15, 0.2) is 72.2 Å². The summed E-state index contributed by atoms with van der Waals surface area (Å²) in [6.07, 6.45) is 1.54. The highest BCUT2D eigenvalue weighted by molar-refractivity contribution is 7.13. The summed E-state index contributed by atoms with van der Waals surface area (Å²) in [5, 5.41) is 15.3. The van der Waals surface area contributed by atoms with E-state index in [0.717, 1.165) is 57.0 Å². The van der Waals surface area contributed by atoms with E-state index < -0.39 is 23.7 Å². The number of piperazine rings is 1. The molecule has 2 amide bonds. The maximum Gasteiger partial charge on any atom is 0.255 e. The van der Waals surface area contributed by atoms with Gasteiger partial charge >= 0.3 is 0 Å². The largest absolute Gasteiger partial charge is 0.508 e. The van der Waals surface area contributed by atoms with Gasteiger partial charge < -0.3 is 14.9 Å². The molecule has 1 aromatic heterocycles. The topological polar surface area (TPSA) is 89.0 Å². The van der Waals surface area contributed by atoms with Crippen LogP contribution in [0.25, 0.3) is 0 Å². The normalized spacial score (nSPS) is 15.9. The maximum atomic E-state index is 14.3. The number of likely N-dealkylation sites (N-methyl/N-ethyl adjacent to an activating group) is 1. The molecule has 2 aliphatic heterocycles. The van der Waals surface area contributed by atoms with Gasteiger partial charge in [0.25, 0.3) is 11.8 Å². The number of hydrogen-bond donors (Lipinski definition) is 2. The summed E-state index contributed by atoms with van der Waals surface area (Å²) < 4.78 is 14.3. The summed E-state index contributed by atoms with van der Waals surface area (Å²) in [7, 11) is 0. The first kappa shape index (κ1) is 29.5. The average molecular weight is 610 g/mol. The zero-order valence-corrected chi connectivity index (χ0v) is 25.1. The lowest BCUT2D eigenvalue weighted by molar-refractivity contribution is -0.120. The van der Waals surface area contributed by atoms with Gasteiger partial charge in [0.2, 0.25) is 0 Å². The highest BCUT2D eigenvalue weighted by Crippen LogP contribution is 2.36. The van der Waals surface area contributed by atoms with Crippen LogP contribution in [0.2, 0.25) is 0 Å². The molecule has 44 heavy (non-hydrogen) atoms. The van der Waals surface area contributed by atoms with E-state index in [2.05, 4.69) is 51.0 Å². The van der Waals surface area contributed by atoms with Crippen LogP contribution in [0, 0.1) is 17.7 Å². The van der Waals surface area contributed by atoms with Gasteiger partial charge in [0.15, 0.2) is 5.13 Å². The van der Waals surface area contributed by atoms with E-state index in [1.165, 1.54) is 34.1 Å². The average Bonchev–Trinajstić information content (AvgIpc) is 3.66. The predicted molar refractivity (Wildman–Crippen MR) is 168 cm³/mol. The number of phenols is 1. The van der Waals surface area contributed by atoms with E-state index in [1.807, 2.05) is 24.3 Å². The molecule has 0 bridgehead atoms. The van der Waals surface area contributed by atoms with Crippen molar-refractivity contribution in [2.75, 3.05) is 38.0 Å². The molecule has 0 spiro atoms. The summed E-state index contributed by atoms with van der Waals surface area (Å²) in [6.45, 7) is 8.70. The standard InChI is InChI=1S/C34H32FN5O3S/c1-2-38-14-16-39(17-15-38)21-25-7-4-23(5-8-25)3-6-24-9-10-26-22-40(33(43)28(26)19-24)31(29-20-27(35)11-12-30(29)41)32(42)37-34-36-13-18-44-34/h4-5,7-13,18-20,31,41H,2,14-17,21-22H2,1H3,(H,36,37,42)/t31-/m1/s1. The number of fused-ring (bicyclic) bond motifs is 1. The second-order valence-corrected chi connectivity index (χ2v) is 11.8. The smallest absolute Gasteiger partial charge is 0.255 e. The number of phenolic OH excluding ortho intramolecular Hbond substituents is 1. The first-order chi connectivity index (χ1) is 21.4. The van der Waals surface area contributed by atoms with Crippen LogP contribution in [0.5, 0.6) is 5.75 Å². The number of halogens is 1. The molecule has 0 saturated carbocycles. The highest BCUT2D eigenvalue weighted by atomic mass is 32.1. The molecule has 0 aliphatic carbocycles. The Morgan fingerprint density at radius 2 is 1.75 bits per heavy atom. The second kappa shape index (κ2) is 13.0. The van der Waals surface area contributed by atoms with E-state index >= 15 is 0 Å². The van der Waals surface area contributed by atoms with E-state index in [-0.39, 0.29) is 17.9 Å². The van der Waals surface area contributed by atoms with Crippen LogP contribution in [0.3, 0.4) is 0 Å². The monoisotopic (exact) mass is 609 g/mol. The van der Waals surface area contributed by atoms with Crippen molar-refractivity contribution in [3.8, 4) is 17.6 Å². The molecule has 2 N–H and O–H groups in total. The number of nitrogens with one attached hydrogen (secondary N) is 1. The number of hydrogen-bond acceptors (Lipinski definition) is 7. The van der Waals surface area contributed by atoms with Crippen molar-refractivity contribution in [1.29, 1.82) is 0 Å². The fourth-order valence-electron chi connectivity index (χ4n) is 5.62. The molecular formula is C34H32FN5O3S. The van der Waals surface area contributed by atoms with E-state index in [4.69, 9.17) is 0 Å². The highest BCUT2D eigenvalue weighted by Gasteiger charge is 2.39. The minimum Gasteiger partial charge on any atom is -0.508 e. The van der Waals surface area contributed by atoms with Gasteiger partial charge in [-0.1, -0.05) is 37.0 Å². The molecule has 8 nitrogen and oxygen atoms in total. The maximum absolute atomic E-state index is 14.3. The molecule has 1 atom stereocenters. The Balaban J connectivity index is 1.18. The fraction of sp³-hybridized carbons (Fsp3) is 0.265. The molecule has 3 heterocycles. The molecular weight excluding hydrogens is 577 g/mol. The van der Waals surface area contributed by atoms with Crippen molar-refractivity contribution in [2.24, 2.45) is 0 Å². The molecule has 224 valence electrons. The van der Waals surface area contributed by atoms with Gasteiger partial charge in [0, 0.05) is 73.1 Å². The number of thiazole rings is 1. The van der Waals surface area contributed by atoms with Crippen LogP contribution in [-0.4, -0.2) is 69.3 Å². The van der Waals surface area contributed by atoms with Gasteiger partial charge in [-0.2, -0.15) is 0 Å². The number of nitrogens with zero attached hydrogens (tertiary/aromatic N) is 4. The van der Waals surface area contributed by atoms with Crippen molar-refractivity contribution in [3.05, 3.63) is 111 Å². The van der Waals surface area contributed by atoms with E-state index in [9.17, 15) is 19.1 Å². The zero-order valence-electron chi connectivity index (χ0n) is 24.3. The van der Waals surface area contributed by atoms with Crippen molar-refractivity contribution in [3.63, 3.8) is 0 Å². The summed E-state index contributed by atoms with van der Waals surface area (Å²) in [4.78, 5) is 37.5. The van der Waals surface area contributed by atoms with Crippen molar-refractivity contribution < 1.29 is 19.1 Å². The van der Waals surface area contributed by atoms with Gasteiger partial charge in [-0.25, -0.2) is 9.37 Å². The Kier molecular flexibility index (Phi) is 8.70. The molecule has 1 fully saturated rings. The van der Waals surface area contributed by atoms with Crippen molar-refractivity contribution in [1.82, 2.24) is 19.7 Å². The SMILES string of the molecule is CCN1CCN(Cc2ccc(C#Cc3ccc4c(c3)C(=O)N([C@@H](C(=O)Nc3nccs3)c3cc(F)ccc3O)C4)cc2)CC1. The third-order valence-electron chi connectivity index (χ3n) is 8.07. The minimum absolute atomic E-state index is 0.00751. The lowest BCUT2D eigenvalue weighted by Gasteiger charge is -2.34. The number of carbonyl (C=O) groups is 2. The van der Waals surface area contributed by atoms with Crippen LogP contribution in [-0.2, 0) is 17.9 Å². The van der Waals surface area contributed by atoms with E-state index in [0.29, 0.717) is 21.8 Å². The third kappa shape index (κ3) is 6.50. The molecule has 0 unspecified atom stereocenters. The lowest BCUT2D eigenvalue weighted by atomic mass is 10.0. The summed E-state index contributed by atoms with van der Waals surface area (Å²) in [6, 6.07) is 15.7. The minimum atomic E-state index is -1.28. The van der Waals surface area contributed by atoms with Crippen LogP contribution >= 0.6 is 11.3 Å². The van der Waals surface area contributed by atoms with Crippen LogP contribution in [0.1, 0.15) is 51.1 Å². The van der Waals surface area contributed by atoms with Gasteiger partial charge in [-0.3, -0.25) is 19.8 Å². The Bertz CT molecular complexity index is 1720. The Hall–Kier alpha value is -4.56. The predicted octanol–water partition coefficient (Wildman–Crippen LogP) is 4.86. The number of benzene rings is 3. The van der Waals surface area contributed by atoms with Crippen molar-refractivity contribution in [2.45, 2.75) is 26.1 Å². The number of aromatic nitrogens is 1. The molecule has 10 heteroatoms. The Morgan fingerprint density at radius 1 is 1.02 bits per heavy atom. The fourth-order valence-corrected chi connectivity index (χ4v) is 6.16. The van der Waals surface area contributed by atoms with Crippen LogP contribution < -0.4 is 5.32 Å². The number of aromatic hydroxyl groups is 1. The molecule has 1 saturated heterocycles. The second-order valence-electron chi connectivity index (χ2n) is 10.9. The molecule has 6 rings (SSSR count). The number of rotatable bonds is 7. The summed E-state index contributed by atoms with van der Waals surface area (Å²) in [5.74, 6) is 4.42. The number of amides is 2. The van der Waals surface area contributed by atoms with Gasteiger partial charge in [-0.05, 0) is 60.1 Å². The Morgan fingerprint density at radius 3 is 2.48 bits per heavy atom. The number of anilines is 1. The van der Waals surface area contributed by atoms with Gasteiger partial charge in [-0.15, -0.1) is 11.3 Å². The first-order valence-electron chi connectivity index (χ1n) is 14.6. The molecule has 0 radical (unpaired) electrons. The lowest BCUT2D eigenvalue weighted by Crippen LogP contribution is -2.45. The molecule has 2 aliphatic rings. The number of carbonyl (C=O) groups excluding carboxylic acids is 2. The molecule has 3 aromatic carbocycles. The van der Waals surface area contributed by atoms with Crippen LogP contribution in [0.4, 0.5) is 9.52 Å². The summed E-state index contributed by atoms with van der Waals surface area (Å²) >= 11 is 1.21. The first-order valence-corrected chi connectivity index (χ1v) is 15.4.